The van der Waals surface area contributed by atoms with Crippen LogP contribution in [-0.4, -0.2) is 12.2 Å². The first-order valence-corrected chi connectivity index (χ1v) is 5.56. The van der Waals surface area contributed by atoms with E-state index < -0.39 is 0 Å². The van der Waals surface area contributed by atoms with Gasteiger partial charge in [-0.25, -0.2) is 0 Å². The molecule has 0 saturated heterocycles. The largest absolute Gasteiger partial charge is 0.504 e. The Bertz CT molecular complexity index is 545. The van der Waals surface area contributed by atoms with Gasteiger partial charge in [-0.1, -0.05) is 29.8 Å². The first kappa shape index (κ1) is 11.5. The second-order valence-corrected chi connectivity index (χ2v) is 4.21. The molecule has 17 heavy (non-hydrogen) atoms. The molecule has 0 amide bonds. The average Bonchev–Trinajstić information content (AvgIpc) is 2.32. The highest BCUT2D eigenvalue weighted by Crippen LogP contribution is 2.32. The second-order valence-electron chi connectivity index (χ2n) is 4.21. The highest BCUT2D eigenvalue weighted by Gasteiger charge is 2.06. The van der Waals surface area contributed by atoms with Gasteiger partial charge in [-0.15, -0.1) is 0 Å². The van der Waals surface area contributed by atoms with Crippen molar-refractivity contribution in [1.29, 1.82) is 0 Å². The van der Waals surface area contributed by atoms with E-state index in [1.54, 1.807) is 19.2 Å². The van der Waals surface area contributed by atoms with Gasteiger partial charge >= 0.3 is 0 Å². The van der Waals surface area contributed by atoms with Crippen LogP contribution in [0.3, 0.4) is 0 Å². The maximum Gasteiger partial charge on any atom is 0.160 e. The Morgan fingerprint density at radius 1 is 1.00 bits per heavy atom. The lowest BCUT2D eigenvalue weighted by Crippen LogP contribution is -1.87. The third-order valence-electron chi connectivity index (χ3n) is 2.88. The quantitative estimate of drug-likeness (QED) is 0.849. The monoisotopic (exact) mass is 228 g/mol. The van der Waals surface area contributed by atoms with Crippen molar-refractivity contribution in [2.45, 2.75) is 13.8 Å². The summed E-state index contributed by atoms with van der Waals surface area (Å²) in [6, 6.07) is 11.8. The van der Waals surface area contributed by atoms with Crippen LogP contribution in [0.5, 0.6) is 11.5 Å². The Balaban J connectivity index is 2.53. The van der Waals surface area contributed by atoms with E-state index in [4.69, 9.17) is 4.74 Å². The van der Waals surface area contributed by atoms with Crippen molar-refractivity contribution >= 4 is 0 Å². The van der Waals surface area contributed by atoms with Crippen LogP contribution in [0.1, 0.15) is 11.1 Å². The van der Waals surface area contributed by atoms with Crippen molar-refractivity contribution < 1.29 is 9.84 Å². The number of phenols is 1. The van der Waals surface area contributed by atoms with Crippen LogP contribution in [0.4, 0.5) is 0 Å². The maximum atomic E-state index is 9.79. The van der Waals surface area contributed by atoms with Gasteiger partial charge < -0.3 is 9.84 Å². The number of rotatable bonds is 2. The Kier molecular flexibility index (Phi) is 3.05. The smallest absolute Gasteiger partial charge is 0.160 e. The Labute approximate surface area is 101 Å². The molecule has 2 heteroatoms. The Hall–Kier alpha value is -1.96. The van der Waals surface area contributed by atoms with Gasteiger partial charge in [-0.2, -0.15) is 0 Å². The molecule has 0 atom stereocenters. The second kappa shape index (κ2) is 4.50. The number of aryl methyl sites for hydroxylation is 2. The number of phenolic OH excluding ortho intramolecular Hbond substituents is 1. The summed E-state index contributed by atoms with van der Waals surface area (Å²) in [6.07, 6.45) is 0. The first-order chi connectivity index (χ1) is 8.11. The molecule has 0 saturated carbocycles. The molecule has 2 nitrogen and oxygen atoms in total. The summed E-state index contributed by atoms with van der Waals surface area (Å²) >= 11 is 0. The molecule has 2 aromatic rings. The van der Waals surface area contributed by atoms with E-state index in [-0.39, 0.29) is 5.75 Å². The fourth-order valence-electron chi connectivity index (χ4n) is 1.90. The molecule has 0 fully saturated rings. The highest BCUT2D eigenvalue weighted by molar-refractivity contribution is 5.70. The highest BCUT2D eigenvalue weighted by atomic mass is 16.5. The summed E-state index contributed by atoms with van der Waals surface area (Å²) in [7, 11) is 1.55. The van der Waals surface area contributed by atoms with Crippen LogP contribution >= 0.6 is 0 Å². The maximum absolute atomic E-state index is 9.79. The fraction of sp³-hybridized carbons (Fsp3) is 0.200. The predicted molar refractivity (Wildman–Crippen MR) is 69.6 cm³/mol. The molecular formula is C15H16O2. The number of aromatic hydroxyl groups is 1. The lowest BCUT2D eigenvalue weighted by Gasteiger charge is -2.09. The fourth-order valence-corrected chi connectivity index (χ4v) is 1.90. The molecular weight excluding hydrogens is 212 g/mol. The van der Waals surface area contributed by atoms with Crippen molar-refractivity contribution in [2.75, 3.05) is 7.11 Å². The molecule has 0 radical (unpaired) electrons. The van der Waals surface area contributed by atoms with Gasteiger partial charge in [-0.3, -0.25) is 0 Å². The van der Waals surface area contributed by atoms with Gasteiger partial charge in [0.15, 0.2) is 11.5 Å². The molecule has 0 aromatic heterocycles. The number of ether oxygens (including phenoxy) is 1. The van der Waals surface area contributed by atoms with Gasteiger partial charge in [0.05, 0.1) is 7.11 Å². The summed E-state index contributed by atoms with van der Waals surface area (Å²) in [6.45, 7) is 4.13. The van der Waals surface area contributed by atoms with Crippen molar-refractivity contribution in [3.63, 3.8) is 0 Å². The molecule has 1 N–H and O–H groups in total. The zero-order valence-electron chi connectivity index (χ0n) is 10.3. The first-order valence-electron chi connectivity index (χ1n) is 5.56. The summed E-state index contributed by atoms with van der Waals surface area (Å²) < 4.78 is 5.04. The van der Waals surface area contributed by atoms with Gasteiger partial charge in [0.2, 0.25) is 0 Å². The van der Waals surface area contributed by atoms with E-state index >= 15 is 0 Å². The van der Waals surface area contributed by atoms with Crippen LogP contribution in [0.25, 0.3) is 11.1 Å². The van der Waals surface area contributed by atoms with E-state index in [1.165, 1.54) is 11.1 Å². The van der Waals surface area contributed by atoms with Crippen LogP contribution in [0.15, 0.2) is 36.4 Å². The number of benzene rings is 2. The molecule has 0 aliphatic carbocycles. The molecule has 0 aliphatic heterocycles. The van der Waals surface area contributed by atoms with Gasteiger partial charge in [-0.05, 0) is 42.7 Å². The lowest BCUT2D eigenvalue weighted by atomic mass is 9.98. The van der Waals surface area contributed by atoms with Gasteiger partial charge in [0.25, 0.3) is 0 Å². The lowest BCUT2D eigenvalue weighted by molar-refractivity contribution is 0.373. The van der Waals surface area contributed by atoms with Crippen molar-refractivity contribution in [3.8, 4) is 22.6 Å². The van der Waals surface area contributed by atoms with E-state index in [9.17, 15) is 5.11 Å². The molecule has 0 heterocycles. The van der Waals surface area contributed by atoms with Crippen LogP contribution in [0.2, 0.25) is 0 Å². The molecule has 2 aromatic carbocycles. The normalized spacial score (nSPS) is 10.3. The summed E-state index contributed by atoms with van der Waals surface area (Å²) in [5, 5.41) is 9.79. The summed E-state index contributed by atoms with van der Waals surface area (Å²) in [5.74, 6) is 0.671. The van der Waals surface area contributed by atoms with E-state index in [2.05, 4.69) is 32.0 Å². The SMILES string of the molecule is COc1ccc(-c2cc(C)ccc2C)cc1O. The Morgan fingerprint density at radius 2 is 1.76 bits per heavy atom. The minimum absolute atomic E-state index is 0.172. The van der Waals surface area contributed by atoms with Crippen molar-refractivity contribution in [2.24, 2.45) is 0 Å². The third-order valence-corrected chi connectivity index (χ3v) is 2.88. The number of methoxy groups -OCH3 is 1. The predicted octanol–water partition coefficient (Wildman–Crippen LogP) is 3.68. The zero-order chi connectivity index (χ0) is 12.4. The van der Waals surface area contributed by atoms with Crippen molar-refractivity contribution in [3.05, 3.63) is 47.5 Å². The van der Waals surface area contributed by atoms with Gasteiger partial charge in [0.1, 0.15) is 0 Å². The van der Waals surface area contributed by atoms with E-state index in [0.717, 1.165) is 11.1 Å². The summed E-state index contributed by atoms with van der Waals surface area (Å²) in [5.41, 5.74) is 4.55. The molecule has 2 rings (SSSR count). The minimum Gasteiger partial charge on any atom is -0.504 e. The van der Waals surface area contributed by atoms with Crippen LogP contribution in [0, 0.1) is 13.8 Å². The summed E-state index contributed by atoms with van der Waals surface area (Å²) in [4.78, 5) is 0. The zero-order valence-corrected chi connectivity index (χ0v) is 10.3. The third kappa shape index (κ3) is 2.26. The molecule has 0 bridgehead atoms. The van der Waals surface area contributed by atoms with Crippen LogP contribution in [-0.2, 0) is 0 Å². The molecule has 0 unspecified atom stereocenters. The molecule has 0 spiro atoms. The Morgan fingerprint density at radius 3 is 2.41 bits per heavy atom. The topological polar surface area (TPSA) is 29.5 Å². The molecule has 0 aliphatic rings. The van der Waals surface area contributed by atoms with E-state index in [1.807, 2.05) is 6.07 Å². The van der Waals surface area contributed by atoms with Crippen molar-refractivity contribution in [1.82, 2.24) is 0 Å². The van der Waals surface area contributed by atoms with E-state index in [0.29, 0.717) is 5.75 Å². The van der Waals surface area contributed by atoms with Crippen LogP contribution < -0.4 is 4.74 Å². The van der Waals surface area contributed by atoms with Gasteiger partial charge in [0, 0.05) is 0 Å². The standard InChI is InChI=1S/C15H16O2/c1-10-4-5-11(2)13(8-10)12-6-7-15(17-3)14(16)9-12/h4-9,16H,1-3H3. The number of hydrogen-bond acceptors (Lipinski definition) is 2. The molecule has 88 valence electrons. The number of hydrogen-bond donors (Lipinski definition) is 1. The average molecular weight is 228 g/mol. The minimum atomic E-state index is 0.172.